The van der Waals surface area contributed by atoms with Crippen LogP contribution >= 0.6 is 0 Å². The van der Waals surface area contributed by atoms with Crippen LogP contribution in [0.2, 0.25) is 0 Å². The normalized spacial score (nSPS) is 17.9. The molecule has 200 valence electrons. The maximum atomic E-state index is 13.4. The van der Waals surface area contributed by atoms with E-state index in [1.165, 1.54) is 18.2 Å². The van der Waals surface area contributed by atoms with Crippen molar-refractivity contribution in [2.45, 2.75) is 43.4 Å². The number of hydrogen-bond donors (Lipinski definition) is 1. The van der Waals surface area contributed by atoms with E-state index in [0.717, 1.165) is 11.9 Å². The fourth-order valence-electron chi connectivity index (χ4n) is 4.37. The molecule has 0 amide bonds. The van der Waals surface area contributed by atoms with Gasteiger partial charge in [0, 0.05) is 43.8 Å². The summed E-state index contributed by atoms with van der Waals surface area (Å²) in [6.45, 7) is 1.86. The number of aromatic nitrogens is 3. The molecule has 8 nitrogen and oxygen atoms in total. The molecule has 1 aromatic carbocycles. The van der Waals surface area contributed by atoms with Crippen molar-refractivity contribution in [2.24, 2.45) is 18.0 Å². The zero-order valence-corrected chi connectivity index (χ0v) is 21.4. The van der Waals surface area contributed by atoms with Crippen molar-refractivity contribution in [1.29, 1.82) is 0 Å². The van der Waals surface area contributed by atoms with Crippen molar-refractivity contribution in [3.8, 4) is 11.3 Å². The molecule has 0 bridgehead atoms. The molecule has 5 rings (SSSR count). The van der Waals surface area contributed by atoms with Gasteiger partial charge in [0.15, 0.2) is 9.84 Å². The van der Waals surface area contributed by atoms with E-state index < -0.39 is 52.4 Å². The number of pyridine rings is 1. The minimum Gasteiger partial charge on any atom is -0.353 e. The van der Waals surface area contributed by atoms with E-state index in [1.807, 2.05) is 6.92 Å². The molecule has 0 spiro atoms. The van der Waals surface area contributed by atoms with Crippen LogP contribution in [0.25, 0.3) is 11.3 Å². The van der Waals surface area contributed by atoms with Crippen LogP contribution < -0.4 is 5.32 Å². The highest BCUT2D eigenvalue weighted by atomic mass is 32.2. The predicted octanol–water partition coefficient (Wildman–Crippen LogP) is 4.60. The van der Waals surface area contributed by atoms with Crippen LogP contribution in [0.5, 0.6) is 0 Å². The Morgan fingerprint density at radius 1 is 1.21 bits per heavy atom. The SMILES string of the molecule is Cc1cc(-c2ccc(Nc3cc(CC(=O)[C@H]4CC4(F)F)nc4c3N=C(C(F)F)C4)c(S(C)(=O)=O)c2)nn1C. The number of alkyl halides is 4. The van der Waals surface area contributed by atoms with E-state index >= 15 is 0 Å². The molecule has 1 N–H and O–H groups in total. The number of halogens is 4. The van der Waals surface area contributed by atoms with Gasteiger partial charge in [0.2, 0.25) is 0 Å². The molecule has 38 heavy (non-hydrogen) atoms. The second-order valence-electron chi connectivity index (χ2n) is 9.60. The molecule has 1 fully saturated rings. The van der Waals surface area contributed by atoms with Gasteiger partial charge in [0.1, 0.15) is 11.5 Å². The van der Waals surface area contributed by atoms with Crippen LogP contribution in [-0.4, -0.2) is 53.3 Å². The van der Waals surface area contributed by atoms with Crippen molar-refractivity contribution in [3.63, 3.8) is 0 Å². The number of aliphatic imine (C=N–C) groups is 1. The van der Waals surface area contributed by atoms with Crippen LogP contribution in [-0.2, 0) is 34.5 Å². The van der Waals surface area contributed by atoms with E-state index in [1.54, 1.807) is 23.9 Å². The van der Waals surface area contributed by atoms with Crippen LogP contribution in [0, 0.1) is 12.8 Å². The number of sulfone groups is 1. The Morgan fingerprint density at radius 2 is 1.92 bits per heavy atom. The Morgan fingerprint density at radius 3 is 2.50 bits per heavy atom. The lowest BCUT2D eigenvalue weighted by molar-refractivity contribution is -0.121. The monoisotopic (exact) mass is 549 g/mol. The topological polar surface area (TPSA) is 106 Å². The van der Waals surface area contributed by atoms with Crippen molar-refractivity contribution < 1.29 is 30.8 Å². The van der Waals surface area contributed by atoms with Crippen molar-refractivity contribution in [2.75, 3.05) is 11.6 Å². The smallest absolute Gasteiger partial charge is 0.277 e. The molecule has 3 aromatic rings. The van der Waals surface area contributed by atoms with Gasteiger partial charge in [-0.15, -0.1) is 0 Å². The Labute approximate surface area is 215 Å². The summed E-state index contributed by atoms with van der Waals surface area (Å²) in [4.78, 5) is 20.5. The maximum absolute atomic E-state index is 13.4. The first-order valence-corrected chi connectivity index (χ1v) is 13.5. The standard InChI is InChI=1S/C25H23F4N5O3S/c1-12-6-17(33-34(12)2)13-4-5-16(22(7-13)38(3,36)37)31-18-8-14(9-21(35)15-11-25(15,28)29)30-19-10-20(24(26)27)32-23(18)19/h4-8,15,24H,9-11H2,1-3H3,(H,30,31)/t15-/m1/s1. The average Bonchev–Trinajstić information content (AvgIpc) is 3.12. The highest BCUT2D eigenvalue weighted by Crippen LogP contribution is 2.49. The zero-order valence-electron chi connectivity index (χ0n) is 20.6. The number of benzene rings is 1. The molecular weight excluding hydrogens is 526 g/mol. The number of nitrogens with one attached hydrogen (secondary N) is 1. The first-order chi connectivity index (χ1) is 17.7. The quantitative estimate of drug-likeness (QED) is 0.412. The Bertz CT molecular complexity index is 1600. The summed E-state index contributed by atoms with van der Waals surface area (Å²) in [6.07, 6.45) is -3.03. The van der Waals surface area contributed by atoms with Gasteiger partial charge >= 0.3 is 0 Å². The number of Topliss-reactive ketones (excluding diaryl/α,β-unsaturated/α-hetero) is 1. The molecule has 2 aromatic heterocycles. The van der Waals surface area contributed by atoms with Gasteiger partial charge in [-0.25, -0.2) is 31.0 Å². The third-order valence-electron chi connectivity index (χ3n) is 6.60. The number of ketones is 1. The van der Waals surface area contributed by atoms with Crippen LogP contribution in [0.4, 0.5) is 34.6 Å². The molecule has 1 atom stereocenters. The Balaban J connectivity index is 1.55. The van der Waals surface area contributed by atoms with Crippen LogP contribution in [0.3, 0.4) is 0 Å². The third kappa shape index (κ3) is 4.94. The van der Waals surface area contributed by atoms with Gasteiger partial charge in [-0.05, 0) is 31.2 Å². The summed E-state index contributed by atoms with van der Waals surface area (Å²) in [7, 11) is -2.02. The van der Waals surface area contributed by atoms with Crippen LogP contribution in [0.15, 0.2) is 40.2 Å². The summed E-state index contributed by atoms with van der Waals surface area (Å²) in [5, 5.41) is 7.33. The molecule has 3 heterocycles. The maximum Gasteiger partial charge on any atom is 0.277 e. The minimum atomic E-state index is -3.78. The Hall–Kier alpha value is -3.61. The highest BCUT2D eigenvalue weighted by molar-refractivity contribution is 7.90. The van der Waals surface area contributed by atoms with E-state index in [4.69, 9.17) is 0 Å². The fourth-order valence-corrected chi connectivity index (χ4v) is 5.23. The van der Waals surface area contributed by atoms with Gasteiger partial charge in [-0.3, -0.25) is 14.5 Å². The largest absolute Gasteiger partial charge is 0.353 e. The lowest BCUT2D eigenvalue weighted by Gasteiger charge is -2.15. The molecule has 0 saturated heterocycles. The van der Waals surface area contributed by atoms with E-state index in [2.05, 4.69) is 20.4 Å². The number of carbonyl (C=O) groups excluding carboxylic acids is 1. The summed E-state index contributed by atoms with van der Waals surface area (Å²) >= 11 is 0. The number of anilines is 2. The van der Waals surface area contributed by atoms with Gasteiger partial charge in [0.25, 0.3) is 12.3 Å². The number of rotatable bonds is 8. The number of hydrogen-bond acceptors (Lipinski definition) is 7. The zero-order chi connectivity index (χ0) is 27.6. The average molecular weight is 550 g/mol. The van der Waals surface area contributed by atoms with E-state index in [9.17, 15) is 30.8 Å². The number of nitrogens with zero attached hydrogens (tertiary/aromatic N) is 4. The van der Waals surface area contributed by atoms with E-state index in [0.29, 0.717) is 11.3 Å². The minimum absolute atomic E-state index is 0.0739. The van der Waals surface area contributed by atoms with Gasteiger partial charge in [0.05, 0.1) is 45.0 Å². The second kappa shape index (κ2) is 9.00. The summed E-state index contributed by atoms with van der Waals surface area (Å²) < 4.78 is 80.7. The van der Waals surface area contributed by atoms with Crippen molar-refractivity contribution in [3.05, 3.63) is 47.4 Å². The second-order valence-corrected chi connectivity index (χ2v) is 11.6. The molecule has 2 aliphatic rings. The molecule has 1 aliphatic heterocycles. The third-order valence-corrected chi connectivity index (χ3v) is 7.74. The molecular formula is C25H23F4N5O3S. The molecule has 1 saturated carbocycles. The number of aryl methyl sites for hydroxylation is 2. The molecule has 13 heteroatoms. The van der Waals surface area contributed by atoms with Crippen molar-refractivity contribution in [1.82, 2.24) is 14.8 Å². The summed E-state index contributed by atoms with van der Waals surface area (Å²) in [5.74, 6) is -5.13. The molecule has 1 aliphatic carbocycles. The lowest BCUT2D eigenvalue weighted by Crippen LogP contribution is -2.13. The Kier molecular flexibility index (Phi) is 6.16. The van der Waals surface area contributed by atoms with Gasteiger partial charge < -0.3 is 5.32 Å². The predicted molar refractivity (Wildman–Crippen MR) is 133 cm³/mol. The molecule has 0 radical (unpaired) electrons. The van der Waals surface area contributed by atoms with Gasteiger partial charge in [-0.2, -0.15) is 5.10 Å². The summed E-state index contributed by atoms with van der Waals surface area (Å²) in [5.41, 5.74) is 2.17. The lowest BCUT2D eigenvalue weighted by atomic mass is 10.1. The molecule has 0 unspecified atom stereocenters. The van der Waals surface area contributed by atoms with Crippen molar-refractivity contribution >= 4 is 38.4 Å². The first kappa shape index (κ1) is 26.0. The van der Waals surface area contributed by atoms with Gasteiger partial charge in [-0.1, -0.05) is 6.07 Å². The fraction of sp³-hybridized carbons (Fsp3) is 0.360. The number of fused-ring (bicyclic) bond motifs is 1. The summed E-state index contributed by atoms with van der Waals surface area (Å²) in [6, 6.07) is 7.79. The van der Waals surface area contributed by atoms with Crippen LogP contribution in [0.1, 0.15) is 23.5 Å². The highest BCUT2D eigenvalue weighted by Gasteiger charge is 2.60. The van der Waals surface area contributed by atoms with E-state index in [-0.39, 0.29) is 39.8 Å². The first-order valence-electron chi connectivity index (χ1n) is 11.6. The number of carbonyl (C=O) groups is 1.